The van der Waals surface area contributed by atoms with Crippen molar-refractivity contribution in [3.8, 4) is 0 Å². The van der Waals surface area contributed by atoms with Gasteiger partial charge in [-0.2, -0.15) is 0 Å². The Kier molecular flexibility index (Phi) is 2.67. The number of aliphatic imine (C=N–C) groups is 1. The number of hydrogen-bond donors (Lipinski definition) is 1. The SMILES string of the molecule is O=C1NC(c2cnc3ccc(F)cn23)=NCC1[N+](=O)[O-]. The lowest BCUT2D eigenvalue weighted by Gasteiger charge is -2.15. The molecule has 0 fully saturated rings. The van der Waals surface area contributed by atoms with E-state index in [-0.39, 0.29) is 12.4 Å². The molecule has 20 heavy (non-hydrogen) atoms. The minimum absolute atomic E-state index is 0.145. The highest BCUT2D eigenvalue weighted by Crippen LogP contribution is 2.11. The Labute approximate surface area is 111 Å². The standard InChI is InChI=1S/C11H8FN5O3/c12-6-1-2-9-13-3-7(16(9)5-6)10-14-4-8(17(19)20)11(18)15-10/h1-3,5,8H,4H2,(H,14,15,18). The molecule has 0 aromatic carbocycles. The topological polar surface area (TPSA) is 102 Å². The van der Waals surface area contributed by atoms with E-state index in [1.54, 1.807) is 0 Å². The molecule has 1 N–H and O–H groups in total. The Morgan fingerprint density at radius 2 is 2.30 bits per heavy atom. The average Bonchev–Trinajstić information content (AvgIpc) is 2.81. The van der Waals surface area contributed by atoms with Crippen molar-refractivity contribution in [1.82, 2.24) is 14.7 Å². The molecular formula is C11H8FN5O3. The lowest BCUT2D eigenvalue weighted by molar-refractivity contribution is -0.505. The maximum Gasteiger partial charge on any atom is 0.309 e. The second kappa shape index (κ2) is 4.37. The molecule has 1 atom stereocenters. The van der Waals surface area contributed by atoms with Gasteiger partial charge in [0.1, 0.15) is 23.7 Å². The molecule has 2 aromatic heterocycles. The first-order valence-corrected chi connectivity index (χ1v) is 5.68. The molecule has 3 heterocycles. The van der Waals surface area contributed by atoms with Gasteiger partial charge in [0.05, 0.1) is 6.20 Å². The summed E-state index contributed by atoms with van der Waals surface area (Å²) >= 11 is 0. The van der Waals surface area contributed by atoms with Gasteiger partial charge < -0.3 is 5.32 Å². The molecule has 3 rings (SSSR count). The number of amidine groups is 1. The Balaban J connectivity index is 2.02. The van der Waals surface area contributed by atoms with Gasteiger partial charge in [-0.05, 0) is 12.1 Å². The minimum atomic E-state index is -1.39. The molecule has 0 saturated carbocycles. The quantitative estimate of drug-likeness (QED) is 0.616. The van der Waals surface area contributed by atoms with Crippen molar-refractivity contribution in [2.75, 3.05) is 6.54 Å². The molecule has 0 aliphatic carbocycles. The first-order valence-electron chi connectivity index (χ1n) is 5.68. The van der Waals surface area contributed by atoms with Gasteiger partial charge >= 0.3 is 11.9 Å². The van der Waals surface area contributed by atoms with Gasteiger partial charge in [-0.3, -0.25) is 24.3 Å². The Morgan fingerprint density at radius 3 is 3.00 bits per heavy atom. The summed E-state index contributed by atoms with van der Waals surface area (Å²) in [6.45, 7) is -0.253. The van der Waals surface area contributed by atoms with Crippen LogP contribution in [0.4, 0.5) is 4.39 Å². The minimum Gasteiger partial charge on any atom is -0.303 e. The third kappa shape index (κ3) is 1.88. The summed E-state index contributed by atoms with van der Waals surface area (Å²) in [5.74, 6) is -1.07. The number of carbonyl (C=O) groups excluding carboxylic acids is 1. The summed E-state index contributed by atoms with van der Waals surface area (Å²) in [4.78, 5) is 29.5. The third-order valence-electron chi connectivity index (χ3n) is 2.93. The molecule has 0 spiro atoms. The summed E-state index contributed by atoms with van der Waals surface area (Å²) in [5, 5.41) is 13.0. The van der Waals surface area contributed by atoms with Crippen molar-refractivity contribution >= 4 is 17.4 Å². The molecule has 0 bridgehead atoms. The van der Waals surface area contributed by atoms with Crippen molar-refractivity contribution < 1.29 is 14.1 Å². The molecule has 0 saturated heterocycles. The number of nitrogens with one attached hydrogen (secondary N) is 1. The molecule has 9 heteroatoms. The first kappa shape index (κ1) is 12.2. The predicted octanol–water partition coefficient (Wildman–Crippen LogP) is -0.00490. The predicted molar refractivity (Wildman–Crippen MR) is 65.5 cm³/mol. The summed E-state index contributed by atoms with van der Waals surface area (Å²) in [7, 11) is 0. The maximum atomic E-state index is 13.2. The number of aromatic nitrogens is 2. The monoisotopic (exact) mass is 277 g/mol. The summed E-state index contributed by atoms with van der Waals surface area (Å²) in [6.07, 6.45) is 2.62. The number of hydrogen-bond acceptors (Lipinski definition) is 5. The smallest absolute Gasteiger partial charge is 0.303 e. The zero-order valence-corrected chi connectivity index (χ0v) is 9.99. The van der Waals surface area contributed by atoms with Crippen molar-refractivity contribution in [2.45, 2.75) is 6.04 Å². The zero-order chi connectivity index (χ0) is 14.3. The number of fused-ring (bicyclic) bond motifs is 1. The van der Waals surface area contributed by atoms with Gasteiger partial charge in [-0.25, -0.2) is 9.37 Å². The van der Waals surface area contributed by atoms with Crippen LogP contribution in [0.15, 0.2) is 29.5 Å². The number of imidazole rings is 1. The van der Waals surface area contributed by atoms with E-state index in [0.717, 1.165) is 0 Å². The van der Waals surface area contributed by atoms with Crippen LogP contribution < -0.4 is 5.32 Å². The van der Waals surface area contributed by atoms with Gasteiger partial charge in [0.15, 0.2) is 5.84 Å². The van der Waals surface area contributed by atoms with Crippen LogP contribution >= 0.6 is 0 Å². The molecule has 1 aliphatic heterocycles. The highest BCUT2D eigenvalue weighted by atomic mass is 19.1. The van der Waals surface area contributed by atoms with E-state index >= 15 is 0 Å². The lowest BCUT2D eigenvalue weighted by atomic mass is 10.2. The normalized spacial score (nSPS) is 18.8. The highest BCUT2D eigenvalue weighted by molar-refractivity contribution is 6.09. The van der Waals surface area contributed by atoms with Crippen LogP contribution in [0.25, 0.3) is 5.65 Å². The van der Waals surface area contributed by atoms with E-state index in [2.05, 4.69) is 15.3 Å². The van der Waals surface area contributed by atoms with E-state index in [0.29, 0.717) is 11.3 Å². The summed E-state index contributed by atoms with van der Waals surface area (Å²) in [5.41, 5.74) is 0.851. The molecule has 8 nitrogen and oxygen atoms in total. The van der Waals surface area contributed by atoms with Crippen LogP contribution in [0, 0.1) is 15.9 Å². The van der Waals surface area contributed by atoms with Crippen molar-refractivity contribution in [3.05, 3.63) is 46.2 Å². The average molecular weight is 277 g/mol. The number of pyridine rings is 1. The van der Waals surface area contributed by atoms with Gasteiger partial charge in [0.2, 0.25) is 0 Å². The maximum absolute atomic E-state index is 13.2. The van der Waals surface area contributed by atoms with E-state index in [4.69, 9.17) is 0 Å². The number of nitrogens with zero attached hydrogens (tertiary/aromatic N) is 4. The van der Waals surface area contributed by atoms with Crippen LogP contribution in [0.3, 0.4) is 0 Å². The number of carbonyl (C=O) groups is 1. The van der Waals surface area contributed by atoms with E-state index < -0.39 is 22.7 Å². The molecule has 102 valence electrons. The van der Waals surface area contributed by atoms with Crippen molar-refractivity contribution in [1.29, 1.82) is 0 Å². The summed E-state index contributed by atoms with van der Waals surface area (Å²) in [6, 6.07) is 1.34. The van der Waals surface area contributed by atoms with Gasteiger partial charge in [0.25, 0.3) is 0 Å². The van der Waals surface area contributed by atoms with Gasteiger partial charge in [0, 0.05) is 11.1 Å². The zero-order valence-electron chi connectivity index (χ0n) is 9.99. The first-order chi connectivity index (χ1) is 9.56. The Morgan fingerprint density at radius 1 is 1.50 bits per heavy atom. The van der Waals surface area contributed by atoms with Gasteiger partial charge in [-0.15, -0.1) is 0 Å². The van der Waals surface area contributed by atoms with E-state index in [9.17, 15) is 19.3 Å². The molecule has 0 radical (unpaired) electrons. The van der Waals surface area contributed by atoms with Crippen LogP contribution in [-0.4, -0.2) is 38.6 Å². The number of halogens is 1. The number of amides is 1. The fourth-order valence-electron chi connectivity index (χ4n) is 1.94. The van der Waals surface area contributed by atoms with Crippen LogP contribution in [0.2, 0.25) is 0 Å². The lowest BCUT2D eigenvalue weighted by Crippen LogP contribution is -2.48. The second-order valence-electron chi connectivity index (χ2n) is 4.20. The Hall–Kier alpha value is -2.84. The van der Waals surface area contributed by atoms with Crippen LogP contribution in [0.1, 0.15) is 5.69 Å². The Bertz CT molecular complexity index is 754. The van der Waals surface area contributed by atoms with Crippen molar-refractivity contribution in [2.24, 2.45) is 4.99 Å². The highest BCUT2D eigenvalue weighted by Gasteiger charge is 2.34. The molecule has 2 aromatic rings. The number of rotatable bonds is 2. The number of nitro groups is 1. The van der Waals surface area contributed by atoms with Crippen molar-refractivity contribution in [3.63, 3.8) is 0 Å². The molecule has 1 amide bonds. The third-order valence-corrected chi connectivity index (χ3v) is 2.93. The van der Waals surface area contributed by atoms with Crippen LogP contribution in [-0.2, 0) is 4.79 Å². The molecule has 1 unspecified atom stereocenters. The second-order valence-corrected chi connectivity index (χ2v) is 4.20. The molecule has 1 aliphatic rings. The fourth-order valence-corrected chi connectivity index (χ4v) is 1.94. The largest absolute Gasteiger partial charge is 0.309 e. The fraction of sp³-hybridized carbons (Fsp3) is 0.182. The van der Waals surface area contributed by atoms with Crippen LogP contribution in [0.5, 0.6) is 0 Å². The van der Waals surface area contributed by atoms with Gasteiger partial charge in [-0.1, -0.05) is 0 Å². The molecular weight excluding hydrogens is 269 g/mol. The summed E-state index contributed by atoms with van der Waals surface area (Å²) < 4.78 is 14.7. The van der Waals surface area contributed by atoms with E-state index in [1.807, 2.05) is 0 Å². The van der Waals surface area contributed by atoms with E-state index in [1.165, 1.54) is 28.9 Å².